The number of fused-ring (bicyclic) bond motifs is 3. The molecule has 0 saturated carbocycles. The van der Waals surface area contributed by atoms with Gasteiger partial charge in [-0.05, 0) is 72.8 Å². The van der Waals surface area contributed by atoms with Gasteiger partial charge >= 0.3 is 0 Å². The van der Waals surface area contributed by atoms with Crippen LogP contribution in [0.4, 0.5) is 0 Å². The lowest BCUT2D eigenvalue weighted by atomic mass is 9.98. The number of H-pyrrole nitrogens is 1. The van der Waals surface area contributed by atoms with Crippen LogP contribution in [-0.2, 0) is 0 Å². The van der Waals surface area contributed by atoms with Gasteiger partial charge in [-0.25, -0.2) is 9.89 Å². The number of nitrogens with zero attached hydrogens (tertiary/aromatic N) is 4. The largest absolute Gasteiger partial charge is 0.354 e. The first-order valence-corrected chi connectivity index (χ1v) is 17.8. The minimum atomic E-state index is -0.178. The summed E-state index contributed by atoms with van der Waals surface area (Å²) in [5.41, 5.74) is 15.5. The number of benzene rings is 4. The molecule has 248 valence electrons. The Morgan fingerprint density at radius 1 is 0.519 bits per heavy atom. The van der Waals surface area contributed by atoms with Gasteiger partial charge in [-0.2, -0.15) is 4.58 Å². The van der Waals surface area contributed by atoms with E-state index in [9.17, 15) is 0 Å². The van der Waals surface area contributed by atoms with Crippen LogP contribution in [0.15, 0.2) is 186 Å². The van der Waals surface area contributed by atoms with Gasteiger partial charge in [-0.1, -0.05) is 121 Å². The van der Waals surface area contributed by atoms with Crippen molar-refractivity contribution in [2.75, 3.05) is 14.1 Å². The zero-order valence-electron chi connectivity index (χ0n) is 29.0. The molecule has 10 rings (SSSR count). The summed E-state index contributed by atoms with van der Waals surface area (Å²) >= 11 is 0. The highest BCUT2D eigenvalue weighted by molar-refractivity contribution is 6.31. The van der Waals surface area contributed by atoms with Crippen LogP contribution in [0.3, 0.4) is 0 Å². The van der Waals surface area contributed by atoms with Crippen molar-refractivity contribution in [1.29, 1.82) is 0 Å². The van der Waals surface area contributed by atoms with Crippen molar-refractivity contribution < 1.29 is 4.58 Å². The van der Waals surface area contributed by atoms with E-state index in [1.54, 1.807) is 0 Å². The smallest absolute Gasteiger partial charge is 0.300 e. The Morgan fingerprint density at radius 3 is 1.60 bits per heavy atom. The number of aromatic amines is 1. The van der Waals surface area contributed by atoms with E-state index in [1.165, 1.54) is 22.5 Å². The number of hydrogen-bond acceptors (Lipinski definition) is 2. The summed E-state index contributed by atoms with van der Waals surface area (Å²) in [6.45, 7) is 0. The van der Waals surface area contributed by atoms with Crippen LogP contribution in [0.5, 0.6) is 0 Å². The van der Waals surface area contributed by atoms with Crippen LogP contribution < -0.4 is 10.7 Å². The number of allylic oxidation sites excluding steroid dienone is 4. The van der Waals surface area contributed by atoms with E-state index in [1.807, 2.05) is 0 Å². The fraction of sp³-hybridized carbons (Fsp3) is 0.0638. The third kappa shape index (κ3) is 4.67. The zero-order valence-corrected chi connectivity index (χ0v) is 29.0. The summed E-state index contributed by atoms with van der Waals surface area (Å²) in [5, 5.41) is 2.07. The molecule has 0 saturated heterocycles. The molecule has 0 fully saturated rings. The number of aromatic nitrogens is 2. The number of rotatable bonds is 5. The second-order valence-corrected chi connectivity index (χ2v) is 13.7. The minimum absolute atomic E-state index is 0.178. The molecule has 52 heavy (non-hydrogen) atoms. The van der Waals surface area contributed by atoms with E-state index in [0.29, 0.717) is 0 Å². The third-order valence-corrected chi connectivity index (χ3v) is 10.4. The Hall–Kier alpha value is -6.56. The molecule has 4 aliphatic rings. The fourth-order valence-corrected chi connectivity index (χ4v) is 8.27. The molecule has 1 atom stereocenters. The fourth-order valence-electron chi connectivity index (χ4n) is 8.27. The minimum Gasteiger partial charge on any atom is -0.354 e. The van der Waals surface area contributed by atoms with Gasteiger partial charge in [0.25, 0.3) is 6.29 Å². The summed E-state index contributed by atoms with van der Waals surface area (Å²) < 4.78 is 5.05. The highest BCUT2D eigenvalue weighted by atomic mass is 15.4. The van der Waals surface area contributed by atoms with Crippen molar-refractivity contribution in [2.45, 2.75) is 6.29 Å². The topological polar surface area (TPSA) is 39.3 Å². The predicted octanol–water partition coefficient (Wildman–Crippen LogP) is 7.51. The molecular formula is C47H36N5+. The quantitative estimate of drug-likeness (QED) is 0.190. The first kappa shape index (κ1) is 30.3. The van der Waals surface area contributed by atoms with Crippen molar-refractivity contribution in [3.8, 4) is 0 Å². The molecule has 6 heterocycles. The van der Waals surface area contributed by atoms with Crippen molar-refractivity contribution in [1.82, 2.24) is 14.5 Å². The first-order valence-electron chi connectivity index (χ1n) is 17.8. The molecule has 4 aliphatic heterocycles. The molecular weight excluding hydrogens is 635 g/mol. The summed E-state index contributed by atoms with van der Waals surface area (Å²) in [5.74, 6) is 0. The van der Waals surface area contributed by atoms with E-state index >= 15 is 0 Å². The van der Waals surface area contributed by atoms with E-state index in [0.717, 1.165) is 66.9 Å². The molecule has 5 nitrogen and oxygen atoms in total. The number of nitrogens with one attached hydrogen (secondary N) is 1. The molecule has 4 aromatic carbocycles. The summed E-state index contributed by atoms with van der Waals surface area (Å²) in [6, 6.07) is 52.0. The number of aliphatic imine (C=N–C) groups is 1. The van der Waals surface area contributed by atoms with Gasteiger partial charge in [-0.15, -0.1) is 0 Å². The van der Waals surface area contributed by atoms with Crippen LogP contribution in [0, 0.1) is 0 Å². The first-order chi connectivity index (χ1) is 25.7. The number of hydrogen-bond donors (Lipinski definition) is 1. The van der Waals surface area contributed by atoms with Crippen LogP contribution in [0.2, 0.25) is 0 Å². The average Bonchev–Trinajstić information content (AvgIpc) is 4.02. The van der Waals surface area contributed by atoms with Gasteiger partial charge in [0.1, 0.15) is 0 Å². The van der Waals surface area contributed by atoms with E-state index < -0.39 is 0 Å². The molecule has 0 spiro atoms. The maximum Gasteiger partial charge on any atom is 0.300 e. The Morgan fingerprint density at radius 2 is 1.02 bits per heavy atom. The molecule has 0 amide bonds. The molecule has 1 N–H and O–H groups in total. The lowest BCUT2D eigenvalue weighted by Crippen LogP contribution is -2.41. The molecule has 0 aliphatic carbocycles. The van der Waals surface area contributed by atoms with Crippen molar-refractivity contribution in [2.24, 2.45) is 4.99 Å². The van der Waals surface area contributed by atoms with E-state index in [2.05, 4.69) is 203 Å². The van der Waals surface area contributed by atoms with Gasteiger partial charge < -0.3 is 4.98 Å². The van der Waals surface area contributed by atoms with E-state index in [-0.39, 0.29) is 6.29 Å². The summed E-state index contributed by atoms with van der Waals surface area (Å²) in [6.07, 6.45) is 8.80. The SMILES string of the molecule is CN(C)C1n2c3ccc2C(c2ccccc2)=C2C=CC(=[N+]21)C(c1ccccc1)=c1ccc([nH]1)=C(c1ccccc1)C1=NC(=C3c2ccccc2)C=C1. The van der Waals surface area contributed by atoms with Gasteiger partial charge in [0.05, 0.1) is 39.3 Å². The van der Waals surface area contributed by atoms with Gasteiger partial charge in [0, 0.05) is 28.6 Å². The van der Waals surface area contributed by atoms with E-state index in [4.69, 9.17) is 4.99 Å². The predicted molar refractivity (Wildman–Crippen MR) is 211 cm³/mol. The highest BCUT2D eigenvalue weighted by Crippen LogP contribution is 2.44. The second-order valence-electron chi connectivity index (χ2n) is 13.7. The Bertz CT molecular complexity index is 2720. The lowest BCUT2D eigenvalue weighted by molar-refractivity contribution is -0.566. The molecule has 0 radical (unpaired) electrons. The van der Waals surface area contributed by atoms with Crippen LogP contribution in [0.1, 0.15) is 39.9 Å². The highest BCUT2D eigenvalue weighted by Gasteiger charge is 2.45. The summed E-state index contributed by atoms with van der Waals surface area (Å²) in [7, 11) is 4.36. The average molecular weight is 671 g/mol. The third-order valence-electron chi connectivity index (χ3n) is 10.4. The Labute approximate surface area is 302 Å². The molecule has 6 bridgehead atoms. The Balaban J connectivity index is 1.43. The van der Waals surface area contributed by atoms with Crippen LogP contribution in [-0.4, -0.2) is 44.5 Å². The van der Waals surface area contributed by atoms with Gasteiger partial charge in [0.2, 0.25) is 11.4 Å². The molecule has 2 aromatic heterocycles. The van der Waals surface area contributed by atoms with Crippen LogP contribution in [0.25, 0.3) is 22.3 Å². The normalized spacial score (nSPS) is 17.4. The second kappa shape index (κ2) is 12.0. The standard InChI is InChI=1S/C47H35N5/c1-50(2)47-51-39-27-29-41(51)46(34-21-13-6-14-22-34)42-30-28-40(52(42)47)45(33-19-11-5-12-20-33)38-26-24-36(49-38)43(31-15-7-3-8-16-31)35-23-25-37(48-35)44(39)32-17-9-4-10-18-32/h3-30,47H,1-2H3/p+1. The maximum absolute atomic E-state index is 5.49. The zero-order chi connectivity index (χ0) is 34.8. The summed E-state index contributed by atoms with van der Waals surface area (Å²) in [4.78, 5) is 11.7. The van der Waals surface area contributed by atoms with Crippen LogP contribution >= 0.6 is 0 Å². The molecule has 6 aromatic rings. The monoisotopic (exact) mass is 670 g/mol. The van der Waals surface area contributed by atoms with Gasteiger partial charge in [0.15, 0.2) is 0 Å². The maximum atomic E-state index is 5.49. The lowest BCUT2D eigenvalue weighted by Gasteiger charge is -2.32. The Kier molecular flexibility index (Phi) is 7.01. The molecule has 5 heteroatoms. The van der Waals surface area contributed by atoms with Crippen molar-refractivity contribution in [3.05, 3.63) is 226 Å². The van der Waals surface area contributed by atoms with Crippen molar-refractivity contribution >= 4 is 33.7 Å². The van der Waals surface area contributed by atoms with Gasteiger partial charge in [-0.3, -0.25) is 4.57 Å². The molecule has 1 unspecified atom stereocenters. The van der Waals surface area contributed by atoms with Crippen molar-refractivity contribution in [3.63, 3.8) is 0 Å².